The molecule has 0 aliphatic carbocycles. The maximum atomic E-state index is 12.9. The van der Waals surface area contributed by atoms with Crippen LogP contribution in [0, 0.1) is 12.8 Å². The molecule has 1 aromatic heterocycles. The van der Waals surface area contributed by atoms with Crippen molar-refractivity contribution in [2.24, 2.45) is 5.92 Å². The first-order valence-electron chi connectivity index (χ1n) is 14.5. The van der Waals surface area contributed by atoms with E-state index in [1.54, 1.807) is 66.1 Å². The van der Waals surface area contributed by atoms with Crippen molar-refractivity contribution in [3.63, 3.8) is 0 Å². The van der Waals surface area contributed by atoms with Gasteiger partial charge in [-0.1, -0.05) is 20.8 Å². The minimum absolute atomic E-state index is 0.00985. The first-order chi connectivity index (χ1) is 20.7. The van der Waals surface area contributed by atoms with Crippen LogP contribution in [0.5, 0.6) is 23.0 Å². The topological polar surface area (TPSA) is 130 Å². The lowest BCUT2D eigenvalue weighted by Gasteiger charge is -2.30. The highest BCUT2D eigenvalue weighted by molar-refractivity contribution is 5.94. The number of amides is 2. The molecule has 3 N–H and O–H groups in total. The number of aromatic nitrogens is 3. The quantitative estimate of drug-likeness (QED) is 0.243. The fourth-order valence-corrected chi connectivity index (χ4v) is 5.11. The molecule has 0 bridgehead atoms. The van der Waals surface area contributed by atoms with Crippen molar-refractivity contribution in [2.45, 2.75) is 39.5 Å². The summed E-state index contributed by atoms with van der Waals surface area (Å²) in [4.78, 5) is 27.6. The number of piperidine rings is 1. The van der Waals surface area contributed by atoms with Crippen molar-refractivity contribution in [3.05, 3.63) is 84.5 Å². The summed E-state index contributed by atoms with van der Waals surface area (Å²) in [6.07, 6.45) is 1.83. The first kappa shape index (κ1) is 29.6. The van der Waals surface area contributed by atoms with Gasteiger partial charge in [-0.15, -0.1) is 10.2 Å². The number of phenols is 2. The summed E-state index contributed by atoms with van der Waals surface area (Å²) in [7, 11) is 0. The van der Waals surface area contributed by atoms with Crippen LogP contribution in [-0.4, -0.2) is 61.3 Å². The third kappa shape index (κ3) is 6.33. The highest BCUT2D eigenvalue weighted by atomic mass is 16.5. The zero-order valence-corrected chi connectivity index (χ0v) is 24.6. The lowest BCUT2D eigenvalue weighted by Crippen LogP contribution is -2.37. The number of rotatable bonds is 8. The van der Waals surface area contributed by atoms with Crippen LogP contribution in [0.1, 0.15) is 66.1 Å². The highest BCUT2D eigenvalue weighted by Crippen LogP contribution is 2.38. The van der Waals surface area contributed by atoms with E-state index in [9.17, 15) is 19.8 Å². The van der Waals surface area contributed by atoms with Gasteiger partial charge in [0.05, 0.1) is 5.56 Å². The molecule has 1 aliphatic heterocycles. The second kappa shape index (κ2) is 12.6. The summed E-state index contributed by atoms with van der Waals surface area (Å²) in [5, 5.41) is 32.2. The fraction of sp³-hybridized carbons (Fsp3) is 0.303. The molecule has 10 nitrogen and oxygen atoms in total. The zero-order valence-electron chi connectivity index (χ0n) is 24.6. The van der Waals surface area contributed by atoms with Gasteiger partial charge >= 0.3 is 0 Å². The number of phenolic OH excluding ortho intramolecular Hbond substituents is 2. The largest absolute Gasteiger partial charge is 0.508 e. The molecule has 1 radical (unpaired) electrons. The van der Waals surface area contributed by atoms with E-state index in [0.717, 1.165) is 25.9 Å². The normalized spacial score (nSPS) is 13.7. The summed E-state index contributed by atoms with van der Waals surface area (Å²) < 4.78 is 7.59. The van der Waals surface area contributed by atoms with Gasteiger partial charge in [-0.3, -0.25) is 14.2 Å². The van der Waals surface area contributed by atoms with Crippen molar-refractivity contribution in [1.82, 2.24) is 25.0 Å². The van der Waals surface area contributed by atoms with Gasteiger partial charge in [0.2, 0.25) is 5.82 Å². The van der Waals surface area contributed by atoms with E-state index in [1.165, 1.54) is 6.07 Å². The summed E-state index contributed by atoms with van der Waals surface area (Å²) >= 11 is 0. The Bertz CT molecular complexity index is 1600. The predicted molar refractivity (Wildman–Crippen MR) is 163 cm³/mol. The third-order valence-corrected chi connectivity index (χ3v) is 7.55. The SMILES string of the molecule is [CH2]C1CCN(C(=O)c2ccc(Oc3ccc(-n4c(C(=O)NCC)nnc4-c4cc(C(C)C)c(O)cc4O)cc3)cc2)CC1. The number of nitrogens with zero attached hydrogens (tertiary/aromatic N) is 4. The summed E-state index contributed by atoms with van der Waals surface area (Å²) in [6, 6.07) is 17.0. The van der Waals surface area contributed by atoms with Crippen molar-refractivity contribution in [1.29, 1.82) is 0 Å². The van der Waals surface area contributed by atoms with Crippen LogP contribution < -0.4 is 10.1 Å². The Hall–Kier alpha value is -4.86. The van der Waals surface area contributed by atoms with Crippen LogP contribution in [0.3, 0.4) is 0 Å². The van der Waals surface area contributed by atoms with E-state index in [0.29, 0.717) is 46.3 Å². The number of carbonyl (C=O) groups is 2. The Morgan fingerprint density at radius 3 is 2.21 bits per heavy atom. The Kier molecular flexibility index (Phi) is 8.66. The van der Waals surface area contributed by atoms with Crippen molar-refractivity contribution < 1.29 is 24.5 Å². The predicted octanol–water partition coefficient (Wildman–Crippen LogP) is 5.70. The number of likely N-dealkylation sites (tertiary alicyclic amines) is 1. The van der Waals surface area contributed by atoms with Crippen LogP contribution in [0.15, 0.2) is 60.7 Å². The molecular weight excluding hydrogens is 546 g/mol. The average Bonchev–Trinajstić information content (AvgIpc) is 3.43. The number of hydrogen-bond donors (Lipinski definition) is 3. The zero-order chi connectivity index (χ0) is 30.7. The van der Waals surface area contributed by atoms with E-state index in [4.69, 9.17) is 4.74 Å². The molecular formula is C33H36N5O5. The van der Waals surface area contributed by atoms with Crippen LogP contribution in [-0.2, 0) is 0 Å². The summed E-state index contributed by atoms with van der Waals surface area (Å²) in [6.45, 7) is 11.6. The Morgan fingerprint density at radius 1 is 0.977 bits per heavy atom. The fourth-order valence-electron chi connectivity index (χ4n) is 5.11. The molecule has 2 heterocycles. The molecule has 223 valence electrons. The number of hydrogen-bond acceptors (Lipinski definition) is 7. The van der Waals surface area contributed by atoms with E-state index in [-0.39, 0.29) is 35.0 Å². The van der Waals surface area contributed by atoms with Crippen LogP contribution in [0.2, 0.25) is 0 Å². The van der Waals surface area contributed by atoms with E-state index in [2.05, 4.69) is 22.4 Å². The van der Waals surface area contributed by atoms with Crippen LogP contribution in [0.4, 0.5) is 0 Å². The van der Waals surface area contributed by atoms with Gasteiger partial charge in [-0.2, -0.15) is 0 Å². The van der Waals surface area contributed by atoms with Gasteiger partial charge in [0.1, 0.15) is 23.0 Å². The molecule has 2 amide bonds. The van der Waals surface area contributed by atoms with Crippen LogP contribution in [0.25, 0.3) is 17.1 Å². The smallest absolute Gasteiger partial charge is 0.289 e. The Morgan fingerprint density at radius 2 is 1.60 bits per heavy atom. The average molecular weight is 583 g/mol. The standard InChI is InChI=1S/C33H36N5O5/c1-5-34-32(41)31-36-35-30(27-18-26(20(2)3)28(39)19-29(27)40)38(31)23-8-12-25(13-9-23)43-24-10-6-22(7-11-24)33(42)37-16-14-21(4)15-17-37/h6-13,18-21,39-40H,4-5,14-17H2,1-3H3,(H,34,41). The molecule has 4 aromatic rings. The minimum atomic E-state index is -0.422. The minimum Gasteiger partial charge on any atom is -0.508 e. The Balaban J connectivity index is 1.41. The van der Waals surface area contributed by atoms with E-state index < -0.39 is 5.91 Å². The molecule has 1 fully saturated rings. The van der Waals surface area contributed by atoms with Gasteiger partial charge in [-0.25, -0.2) is 0 Å². The van der Waals surface area contributed by atoms with E-state index >= 15 is 0 Å². The summed E-state index contributed by atoms with van der Waals surface area (Å²) in [5.41, 5.74) is 2.14. The monoisotopic (exact) mass is 582 g/mol. The summed E-state index contributed by atoms with van der Waals surface area (Å²) in [5.74, 6) is 1.17. The number of carbonyl (C=O) groups excluding carboxylic acids is 2. The van der Waals surface area contributed by atoms with Crippen molar-refractivity contribution >= 4 is 11.8 Å². The van der Waals surface area contributed by atoms with Crippen LogP contribution >= 0.6 is 0 Å². The second-order valence-electron chi connectivity index (χ2n) is 11.0. The molecule has 0 spiro atoms. The van der Waals surface area contributed by atoms with Gasteiger partial charge < -0.3 is 25.2 Å². The van der Waals surface area contributed by atoms with E-state index in [1.807, 2.05) is 18.7 Å². The molecule has 5 rings (SSSR count). The number of ether oxygens (including phenoxy) is 1. The molecule has 10 heteroatoms. The third-order valence-electron chi connectivity index (χ3n) is 7.55. The lowest BCUT2D eigenvalue weighted by molar-refractivity contribution is 0.0704. The van der Waals surface area contributed by atoms with Crippen molar-refractivity contribution in [3.8, 4) is 40.1 Å². The lowest BCUT2D eigenvalue weighted by atomic mass is 9.98. The molecule has 0 saturated carbocycles. The molecule has 0 unspecified atom stereocenters. The van der Waals surface area contributed by atoms with Gasteiger partial charge in [0, 0.05) is 37.0 Å². The van der Waals surface area contributed by atoms with Crippen molar-refractivity contribution in [2.75, 3.05) is 19.6 Å². The molecule has 3 aromatic carbocycles. The van der Waals surface area contributed by atoms with Gasteiger partial charge in [0.15, 0.2) is 5.82 Å². The highest BCUT2D eigenvalue weighted by Gasteiger charge is 2.25. The van der Waals surface area contributed by atoms with Gasteiger partial charge in [0.25, 0.3) is 11.8 Å². The first-order valence-corrected chi connectivity index (χ1v) is 14.5. The molecule has 1 aliphatic rings. The Labute approximate surface area is 251 Å². The maximum Gasteiger partial charge on any atom is 0.289 e. The molecule has 43 heavy (non-hydrogen) atoms. The molecule has 0 atom stereocenters. The number of benzene rings is 3. The number of nitrogens with one attached hydrogen (secondary N) is 1. The van der Waals surface area contributed by atoms with Gasteiger partial charge in [-0.05, 0) is 91.8 Å². The maximum absolute atomic E-state index is 12.9. The molecule has 1 saturated heterocycles. The second-order valence-corrected chi connectivity index (χ2v) is 11.0. The number of aromatic hydroxyl groups is 2.